The molecule has 2 unspecified atom stereocenters. The van der Waals surface area contributed by atoms with E-state index in [1.54, 1.807) is 0 Å². The van der Waals surface area contributed by atoms with Gasteiger partial charge in [0, 0.05) is 35.5 Å². The fourth-order valence-electron chi connectivity index (χ4n) is 5.24. The molecule has 0 fully saturated rings. The Hall–Kier alpha value is -4.57. The number of ether oxygens (including phenoxy) is 2. The molecule has 3 N–H and O–H groups in total. The molecule has 6 rings (SSSR count). The number of thioether (sulfide) groups is 1. The quantitative estimate of drug-likeness (QED) is 0.238. The summed E-state index contributed by atoms with van der Waals surface area (Å²) in [7, 11) is 1.98. The maximum atomic E-state index is 8.58. The number of nitrogens with two attached hydrogens (primary N) is 1. The van der Waals surface area contributed by atoms with Crippen LogP contribution in [0.2, 0.25) is 0 Å². The number of aryl methyl sites for hydroxylation is 2. The Labute approximate surface area is 255 Å². The van der Waals surface area contributed by atoms with Crippen LogP contribution in [0.1, 0.15) is 41.0 Å². The van der Waals surface area contributed by atoms with Crippen molar-refractivity contribution in [2.75, 3.05) is 19.2 Å². The third-order valence-corrected chi connectivity index (χ3v) is 8.41. The van der Waals surface area contributed by atoms with Gasteiger partial charge in [0.2, 0.25) is 13.2 Å². The van der Waals surface area contributed by atoms with Gasteiger partial charge >= 0.3 is 0 Å². The number of hydrogen-bond acceptors (Lipinski definition) is 9. The molecule has 2 aliphatic heterocycles. The molecule has 0 bridgehead atoms. The van der Waals surface area contributed by atoms with Crippen molar-refractivity contribution >= 4 is 35.7 Å². The predicted octanol–water partition coefficient (Wildman–Crippen LogP) is 5.94. The lowest BCUT2D eigenvalue weighted by Crippen LogP contribution is -2.07. The van der Waals surface area contributed by atoms with Crippen LogP contribution in [-0.2, 0) is 28.9 Å². The third kappa shape index (κ3) is 7.45. The molecule has 0 aliphatic carbocycles. The number of anilines is 1. The van der Waals surface area contributed by atoms with Crippen LogP contribution in [0.5, 0.6) is 11.5 Å². The average Bonchev–Trinajstić information content (AvgIpc) is 3.75. The highest BCUT2D eigenvalue weighted by Gasteiger charge is 2.29. The molecular formula is C33H36N4O5S. The smallest absolute Gasteiger partial charge is 0.231 e. The van der Waals surface area contributed by atoms with Gasteiger partial charge in [-0.2, -0.15) is 0 Å². The fourth-order valence-corrected chi connectivity index (χ4v) is 6.44. The number of nitrogens with zero attached hydrogens (tertiary/aromatic N) is 2. The number of carbonyl (C=O) groups excluding carboxylic acids is 2. The summed E-state index contributed by atoms with van der Waals surface area (Å²) in [5, 5.41) is 9.28. The van der Waals surface area contributed by atoms with Gasteiger partial charge in [-0.1, -0.05) is 60.6 Å². The monoisotopic (exact) mass is 600 g/mol. The van der Waals surface area contributed by atoms with Crippen molar-refractivity contribution < 1.29 is 23.6 Å². The molecule has 2 atom stereocenters. The topological polar surface area (TPSA) is 129 Å². The van der Waals surface area contributed by atoms with E-state index in [0.29, 0.717) is 12.0 Å². The highest BCUT2D eigenvalue weighted by molar-refractivity contribution is 8.14. The zero-order valence-electron chi connectivity index (χ0n) is 24.5. The highest BCUT2D eigenvalue weighted by Crippen LogP contribution is 2.40. The molecule has 224 valence electrons. The van der Waals surface area contributed by atoms with Gasteiger partial charge in [0.25, 0.3) is 0 Å². The minimum atomic E-state index is 0.130. The maximum absolute atomic E-state index is 8.58. The molecule has 0 spiro atoms. The lowest BCUT2D eigenvalue weighted by atomic mass is 9.95. The Morgan fingerprint density at radius 1 is 1.05 bits per heavy atom. The number of aliphatic imine (C=N–C) groups is 1. The largest absolute Gasteiger partial charge is 0.454 e. The number of primary amides is 1. The molecule has 0 radical (unpaired) electrons. The number of rotatable bonds is 8. The van der Waals surface area contributed by atoms with Crippen LogP contribution in [0, 0.1) is 6.92 Å². The van der Waals surface area contributed by atoms with E-state index < -0.39 is 0 Å². The van der Waals surface area contributed by atoms with Crippen molar-refractivity contribution in [1.82, 2.24) is 5.16 Å². The minimum Gasteiger partial charge on any atom is -0.454 e. The van der Waals surface area contributed by atoms with Crippen LogP contribution in [0.3, 0.4) is 0 Å². The summed E-state index contributed by atoms with van der Waals surface area (Å²) >= 11 is 1.87. The molecule has 3 heterocycles. The van der Waals surface area contributed by atoms with Crippen molar-refractivity contribution in [2.45, 2.75) is 44.4 Å². The van der Waals surface area contributed by atoms with E-state index in [-0.39, 0.29) is 12.5 Å². The number of fused-ring (bicyclic) bond motifs is 1. The van der Waals surface area contributed by atoms with Gasteiger partial charge in [0.05, 0.1) is 11.1 Å². The first-order valence-corrected chi connectivity index (χ1v) is 14.8. The van der Waals surface area contributed by atoms with Crippen molar-refractivity contribution in [2.24, 2.45) is 10.7 Å². The molecule has 3 aromatic carbocycles. The second-order valence-corrected chi connectivity index (χ2v) is 11.3. The number of hydrogen-bond donors (Lipinski definition) is 2. The fraction of sp³-hybridized carbons (Fsp3) is 0.273. The number of amides is 1. The van der Waals surface area contributed by atoms with Gasteiger partial charge in [-0.05, 0) is 54.7 Å². The molecule has 1 aromatic heterocycles. The minimum absolute atomic E-state index is 0.130. The second-order valence-electron chi connectivity index (χ2n) is 9.89. The van der Waals surface area contributed by atoms with Gasteiger partial charge < -0.3 is 29.8 Å². The van der Waals surface area contributed by atoms with Crippen LogP contribution >= 0.6 is 11.8 Å². The zero-order valence-corrected chi connectivity index (χ0v) is 25.4. The van der Waals surface area contributed by atoms with Crippen molar-refractivity contribution in [3.05, 3.63) is 94.7 Å². The maximum Gasteiger partial charge on any atom is 0.231 e. The van der Waals surface area contributed by atoms with Gasteiger partial charge in [-0.3, -0.25) is 9.79 Å². The molecule has 0 saturated heterocycles. The van der Waals surface area contributed by atoms with Gasteiger partial charge in [0.15, 0.2) is 11.5 Å². The molecule has 10 heteroatoms. The van der Waals surface area contributed by atoms with E-state index in [2.05, 4.69) is 65.6 Å². The van der Waals surface area contributed by atoms with Crippen LogP contribution in [0.25, 0.3) is 11.3 Å². The molecule has 2 aliphatic rings. The van der Waals surface area contributed by atoms with E-state index in [4.69, 9.17) is 28.6 Å². The highest BCUT2D eigenvalue weighted by atomic mass is 32.2. The number of benzene rings is 3. The standard InChI is InChI=1S/C31H31N3O3S.CH3NO.CH2O/c1-19-25(31(34-37-19)22-7-5-4-6-8-22)12-10-23-17-24(11-13-26(23)32-3)30-20(2)38-29(33-30)16-21-9-14-27-28(15-21)36-18-35-27;2-1-3;1-2/h4-9,11,13-15,17,20,30,32H,10,12,16,18H2,1-3H3;1H,(H2,2,3);1H2. The van der Waals surface area contributed by atoms with Gasteiger partial charge in [-0.25, -0.2) is 0 Å². The first-order valence-electron chi connectivity index (χ1n) is 13.9. The number of aromatic nitrogens is 1. The summed E-state index contributed by atoms with van der Waals surface area (Å²) in [6.07, 6.45) is 2.79. The summed E-state index contributed by atoms with van der Waals surface area (Å²) in [5.41, 5.74) is 12.2. The molecule has 0 saturated carbocycles. The van der Waals surface area contributed by atoms with E-state index in [9.17, 15) is 0 Å². The lowest BCUT2D eigenvalue weighted by molar-refractivity contribution is -0.107. The average molecular weight is 601 g/mol. The van der Waals surface area contributed by atoms with Crippen LogP contribution in [0.15, 0.2) is 76.2 Å². The lowest BCUT2D eigenvalue weighted by Gasteiger charge is -2.17. The van der Waals surface area contributed by atoms with Gasteiger partial charge in [-0.15, -0.1) is 11.8 Å². The summed E-state index contributed by atoms with van der Waals surface area (Å²) in [6, 6.07) is 23.3. The molecule has 1 amide bonds. The summed E-state index contributed by atoms with van der Waals surface area (Å²) in [4.78, 5) is 21.7. The first kappa shape index (κ1) is 31.4. The Morgan fingerprint density at radius 2 is 1.79 bits per heavy atom. The second kappa shape index (κ2) is 15.1. The normalized spacial score (nSPS) is 16.3. The zero-order chi connectivity index (χ0) is 30.8. The molecule has 43 heavy (non-hydrogen) atoms. The Balaban J connectivity index is 0.000000798. The molecular weight excluding hydrogens is 564 g/mol. The molecule has 4 aromatic rings. The van der Waals surface area contributed by atoms with Crippen molar-refractivity contribution in [3.63, 3.8) is 0 Å². The summed E-state index contributed by atoms with van der Waals surface area (Å²) in [6.45, 7) is 6.56. The van der Waals surface area contributed by atoms with Crippen molar-refractivity contribution in [3.8, 4) is 22.8 Å². The van der Waals surface area contributed by atoms with E-state index in [0.717, 1.165) is 64.1 Å². The van der Waals surface area contributed by atoms with E-state index >= 15 is 0 Å². The first-order chi connectivity index (χ1) is 21.0. The Kier molecular flexibility index (Phi) is 11.0. The SMILES string of the molecule is C=O.CNc1ccc(C2N=C(Cc3ccc4c(c3)OCO4)SC2C)cc1CCc1c(-c2ccccc2)noc1C.NC=O. The third-order valence-electron chi connectivity index (χ3n) is 7.26. The van der Waals surface area contributed by atoms with Gasteiger partial charge in [0.1, 0.15) is 18.2 Å². The van der Waals surface area contributed by atoms with Crippen LogP contribution < -0.4 is 20.5 Å². The van der Waals surface area contributed by atoms with E-state index in [1.807, 2.05) is 56.8 Å². The van der Waals surface area contributed by atoms with Crippen LogP contribution in [0.4, 0.5) is 5.69 Å². The molecule has 9 nitrogen and oxygen atoms in total. The van der Waals surface area contributed by atoms with Crippen LogP contribution in [-0.4, -0.2) is 42.5 Å². The summed E-state index contributed by atoms with van der Waals surface area (Å²) < 4.78 is 16.6. The van der Waals surface area contributed by atoms with Crippen molar-refractivity contribution in [1.29, 1.82) is 0 Å². The Bertz CT molecular complexity index is 1560. The summed E-state index contributed by atoms with van der Waals surface area (Å²) in [5.74, 6) is 2.52. The Morgan fingerprint density at radius 3 is 2.53 bits per heavy atom. The van der Waals surface area contributed by atoms with E-state index in [1.165, 1.54) is 16.7 Å². The predicted molar refractivity (Wildman–Crippen MR) is 171 cm³/mol. The number of nitrogens with one attached hydrogen (secondary N) is 1. The number of carbonyl (C=O) groups is 2.